The first-order valence-electron chi connectivity index (χ1n) is 7.42. The number of nitrogens with two attached hydrogens (primary N) is 1. The summed E-state index contributed by atoms with van der Waals surface area (Å²) < 4.78 is 2.45. The SMILES string of the molecule is Cc1ccc(Br)c(-c2csc3nc(C)n(CCC(N)=O)c(=O)c23)c1. The van der Waals surface area contributed by atoms with Gasteiger partial charge >= 0.3 is 0 Å². The number of thiophene rings is 1. The minimum atomic E-state index is -0.437. The van der Waals surface area contributed by atoms with Crippen molar-refractivity contribution in [3.63, 3.8) is 0 Å². The van der Waals surface area contributed by atoms with Crippen LogP contribution < -0.4 is 11.3 Å². The number of primary amides is 1. The van der Waals surface area contributed by atoms with E-state index in [9.17, 15) is 9.59 Å². The fourth-order valence-electron chi connectivity index (χ4n) is 2.65. The van der Waals surface area contributed by atoms with Gasteiger partial charge in [0.05, 0.1) is 5.39 Å². The summed E-state index contributed by atoms with van der Waals surface area (Å²) in [5.74, 6) is 0.152. The lowest BCUT2D eigenvalue weighted by atomic mass is 10.0. The van der Waals surface area contributed by atoms with Gasteiger partial charge in [-0.05, 0) is 25.5 Å². The molecule has 5 nitrogen and oxygen atoms in total. The van der Waals surface area contributed by atoms with E-state index in [1.165, 1.54) is 15.9 Å². The van der Waals surface area contributed by atoms with Crippen LogP contribution in [0.2, 0.25) is 0 Å². The lowest BCUT2D eigenvalue weighted by Crippen LogP contribution is -2.26. The molecule has 0 saturated carbocycles. The van der Waals surface area contributed by atoms with Gasteiger partial charge in [0.25, 0.3) is 5.56 Å². The van der Waals surface area contributed by atoms with E-state index in [4.69, 9.17) is 5.73 Å². The number of aryl methyl sites for hydroxylation is 2. The molecule has 0 unspecified atom stereocenters. The fraction of sp³-hybridized carbons (Fsp3) is 0.235. The Kier molecular flexibility index (Phi) is 4.56. The second kappa shape index (κ2) is 6.49. The Morgan fingerprint density at radius 1 is 1.33 bits per heavy atom. The van der Waals surface area contributed by atoms with Crippen molar-refractivity contribution in [1.29, 1.82) is 0 Å². The minimum Gasteiger partial charge on any atom is -0.370 e. The molecule has 0 aliphatic carbocycles. The number of hydrogen-bond donors (Lipinski definition) is 1. The zero-order valence-electron chi connectivity index (χ0n) is 13.3. The first kappa shape index (κ1) is 16.9. The topological polar surface area (TPSA) is 78.0 Å². The molecule has 1 amide bonds. The second-order valence-electron chi connectivity index (χ2n) is 5.64. The molecule has 0 bridgehead atoms. The van der Waals surface area contributed by atoms with Crippen molar-refractivity contribution in [1.82, 2.24) is 9.55 Å². The Morgan fingerprint density at radius 2 is 2.08 bits per heavy atom. The van der Waals surface area contributed by atoms with Gasteiger partial charge in [0.15, 0.2) is 0 Å². The number of amides is 1. The van der Waals surface area contributed by atoms with E-state index in [-0.39, 0.29) is 18.5 Å². The first-order valence-corrected chi connectivity index (χ1v) is 9.09. The third kappa shape index (κ3) is 3.01. The molecule has 2 N–H and O–H groups in total. The van der Waals surface area contributed by atoms with Crippen molar-refractivity contribution in [2.45, 2.75) is 26.8 Å². The average Bonchev–Trinajstić information content (AvgIpc) is 2.92. The highest BCUT2D eigenvalue weighted by molar-refractivity contribution is 9.10. The Labute approximate surface area is 151 Å². The molecule has 0 aliphatic rings. The van der Waals surface area contributed by atoms with E-state index in [1.54, 1.807) is 6.92 Å². The molecule has 0 aliphatic heterocycles. The highest BCUT2D eigenvalue weighted by Crippen LogP contribution is 2.36. The Bertz CT molecular complexity index is 1010. The van der Waals surface area contributed by atoms with Crippen LogP contribution in [0, 0.1) is 13.8 Å². The van der Waals surface area contributed by atoms with Gasteiger partial charge in [0.1, 0.15) is 10.7 Å². The van der Waals surface area contributed by atoms with Crippen LogP contribution in [0.4, 0.5) is 0 Å². The summed E-state index contributed by atoms with van der Waals surface area (Å²) in [4.78, 5) is 29.3. The highest BCUT2D eigenvalue weighted by atomic mass is 79.9. The van der Waals surface area contributed by atoms with E-state index in [2.05, 4.69) is 20.9 Å². The van der Waals surface area contributed by atoms with Gasteiger partial charge in [-0.2, -0.15) is 0 Å². The number of carbonyl (C=O) groups excluding carboxylic acids is 1. The van der Waals surface area contributed by atoms with E-state index >= 15 is 0 Å². The zero-order valence-corrected chi connectivity index (χ0v) is 15.7. The third-order valence-corrected chi connectivity index (χ3v) is 5.44. The summed E-state index contributed by atoms with van der Waals surface area (Å²) in [6.07, 6.45) is 0.113. The van der Waals surface area contributed by atoms with E-state index < -0.39 is 5.91 Å². The molecule has 1 aromatic carbocycles. The standard InChI is InChI=1S/C17H16BrN3O2S/c1-9-3-4-13(18)11(7-9)12-8-24-16-15(12)17(23)21(10(2)20-16)6-5-14(19)22/h3-4,7-8H,5-6H2,1-2H3,(H2,19,22). The summed E-state index contributed by atoms with van der Waals surface area (Å²) >= 11 is 5.01. The van der Waals surface area contributed by atoms with Gasteiger partial charge in [-0.1, -0.05) is 33.6 Å². The maximum Gasteiger partial charge on any atom is 0.262 e. The molecule has 0 radical (unpaired) electrons. The molecule has 2 heterocycles. The van der Waals surface area contributed by atoms with Crippen molar-refractivity contribution in [3.05, 3.63) is 49.8 Å². The van der Waals surface area contributed by atoms with Gasteiger partial charge < -0.3 is 5.73 Å². The monoisotopic (exact) mass is 405 g/mol. The molecule has 2 aromatic heterocycles. The van der Waals surface area contributed by atoms with Crippen molar-refractivity contribution >= 4 is 43.4 Å². The molecule has 0 spiro atoms. The molecule has 3 rings (SSSR count). The van der Waals surface area contributed by atoms with Crippen LogP contribution in [0.3, 0.4) is 0 Å². The highest BCUT2D eigenvalue weighted by Gasteiger charge is 2.17. The normalized spacial score (nSPS) is 11.1. The predicted octanol–water partition coefficient (Wildman–Crippen LogP) is 3.38. The third-order valence-electron chi connectivity index (χ3n) is 3.88. The first-order chi connectivity index (χ1) is 11.4. The van der Waals surface area contributed by atoms with Crippen LogP contribution in [-0.4, -0.2) is 15.5 Å². The van der Waals surface area contributed by atoms with E-state index in [0.717, 1.165) is 21.2 Å². The molecule has 0 saturated heterocycles. The fourth-order valence-corrected chi connectivity index (χ4v) is 4.09. The smallest absolute Gasteiger partial charge is 0.262 e. The number of hydrogen-bond acceptors (Lipinski definition) is 4. The van der Waals surface area contributed by atoms with Crippen LogP contribution in [0.25, 0.3) is 21.3 Å². The summed E-state index contributed by atoms with van der Waals surface area (Å²) in [5, 5.41) is 2.54. The maximum atomic E-state index is 13.0. The maximum absolute atomic E-state index is 13.0. The summed E-state index contributed by atoms with van der Waals surface area (Å²) in [6, 6.07) is 6.02. The Hall–Kier alpha value is -1.99. The van der Waals surface area contributed by atoms with Gasteiger partial charge in [-0.3, -0.25) is 14.2 Å². The lowest BCUT2D eigenvalue weighted by molar-refractivity contribution is -0.118. The van der Waals surface area contributed by atoms with Crippen molar-refractivity contribution < 1.29 is 4.79 Å². The Balaban J connectivity index is 2.24. The molecular weight excluding hydrogens is 390 g/mol. The van der Waals surface area contributed by atoms with Crippen molar-refractivity contribution in [3.8, 4) is 11.1 Å². The summed E-state index contributed by atoms with van der Waals surface area (Å²) in [5.41, 5.74) is 8.01. The van der Waals surface area contributed by atoms with Crippen LogP contribution >= 0.6 is 27.3 Å². The zero-order chi connectivity index (χ0) is 17.4. The van der Waals surface area contributed by atoms with Crippen molar-refractivity contribution in [2.75, 3.05) is 0 Å². The minimum absolute atomic E-state index is 0.113. The largest absolute Gasteiger partial charge is 0.370 e. The lowest BCUT2D eigenvalue weighted by Gasteiger charge is -2.10. The molecule has 0 fully saturated rings. The average molecular weight is 406 g/mol. The summed E-state index contributed by atoms with van der Waals surface area (Å²) in [7, 11) is 0. The van der Waals surface area contributed by atoms with Gasteiger partial charge in [0, 0.05) is 28.4 Å². The number of benzene rings is 1. The van der Waals surface area contributed by atoms with Crippen molar-refractivity contribution in [2.24, 2.45) is 5.73 Å². The predicted molar refractivity (Wildman–Crippen MR) is 100 cm³/mol. The number of halogens is 1. The molecule has 0 atom stereocenters. The van der Waals surface area contributed by atoms with Gasteiger partial charge in [-0.25, -0.2) is 4.98 Å². The van der Waals surface area contributed by atoms with Crippen LogP contribution in [0.1, 0.15) is 17.8 Å². The van der Waals surface area contributed by atoms with Crippen LogP contribution in [-0.2, 0) is 11.3 Å². The summed E-state index contributed by atoms with van der Waals surface area (Å²) in [6.45, 7) is 4.02. The molecule has 3 aromatic rings. The van der Waals surface area contributed by atoms with Gasteiger partial charge in [0.2, 0.25) is 5.91 Å². The molecule has 7 heteroatoms. The van der Waals surface area contributed by atoms with E-state index in [0.29, 0.717) is 16.0 Å². The van der Waals surface area contributed by atoms with Crippen LogP contribution in [0.5, 0.6) is 0 Å². The van der Waals surface area contributed by atoms with Crippen LogP contribution in [0.15, 0.2) is 32.8 Å². The molecule has 124 valence electrons. The van der Waals surface area contributed by atoms with E-state index in [1.807, 2.05) is 30.5 Å². The Morgan fingerprint density at radius 3 is 2.79 bits per heavy atom. The van der Waals surface area contributed by atoms with Gasteiger partial charge in [-0.15, -0.1) is 11.3 Å². The number of rotatable bonds is 4. The molecule has 24 heavy (non-hydrogen) atoms. The quantitative estimate of drug-likeness (QED) is 0.722. The number of carbonyl (C=O) groups is 1. The number of aromatic nitrogens is 2. The molecular formula is C17H16BrN3O2S. The number of fused-ring (bicyclic) bond motifs is 1. The second-order valence-corrected chi connectivity index (χ2v) is 7.36. The number of nitrogens with zero attached hydrogens (tertiary/aromatic N) is 2.